The minimum atomic E-state index is -4.78. The molecule has 19 heavy (non-hydrogen) atoms. The van der Waals surface area contributed by atoms with Crippen LogP contribution in [0.3, 0.4) is 0 Å². The molecule has 10 heteroatoms. The van der Waals surface area contributed by atoms with E-state index >= 15 is 0 Å². The van der Waals surface area contributed by atoms with Gasteiger partial charge in [-0.2, -0.15) is 0 Å². The van der Waals surface area contributed by atoms with Gasteiger partial charge >= 0.3 is 7.82 Å². The summed E-state index contributed by atoms with van der Waals surface area (Å²) in [6.07, 6.45) is -4.69. The lowest BCUT2D eigenvalue weighted by Crippen LogP contribution is -2.58. The maximum Gasteiger partial charge on any atom is 0.469 e. The molecule has 0 aliphatic carbocycles. The fourth-order valence-corrected chi connectivity index (χ4v) is 1.77. The third-order valence-electron chi connectivity index (χ3n) is 2.54. The van der Waals surface area contributed by atoms with Crippen LogP contribution in [-0.2, 0) is 13.9 Å². The van der Waals surface area contributed by atoms with Gasteiger partial charge in [-0.25, -0.2) is 4.57 Å². The first-order valence-corrected chi connectivity index (χ1v) is 6.94. The third-order valence-corrected chi connectivity index (χ3v) is 3.03. The predicted molar refractivity (Wildman–Crippen MR) is 63.9 cm³/mol. The van der Waals surface area contributed by atoms with Gasteiger partial charge in [0.05, 0.1) is 27.7 Å². The molecular formula is C9H21NO8P+. The molecule has 0 aliphatic rings. The van der Waals surface area contributed by atoms with Crippen molar-refractivity contribution in [2.24, 2.45) is 0 Å². The first-order chi connectivity index (χ1) is 8.40. The molecule has 114 valence electrons. The Kier molecular flexibility index (Phi) is 6.73. The van der Waals surface area contributed by atoms with Gasteiger partial charge < -0.3 is 29.6 Å². The van der Waals surface area contributed by atoms with Gasteiger partial charge in [-0.3, -0.25) is 9.32 Å². The average Bonchev–Trinajstić information content (AvgIpc) is 2.22. The van der Waals surface area contributed by atoms with Gasteiger partial charge in [-0.15, -0.1) is 0 Å². The predicted octanol–water partition coefficient (Wildman–Crippen LogP) is -2.55. The number of nitrogens with zero attached hydrogens (tertiary/aromatic N) is 1. The standard InChI is InChI=1S/C9H20NO8P/c1-10(2,3)6(4-11)8(13)9(14)7(12)5-18-19(15,16)17/h4,6-9,12-14H,5H2,1-3H3,(H-,15,16,17)/p+1/t6-,7+,8+,9+/m0/s1. The Labute approximate surface area is 110 Å². The summed E-state index contributed by atoms with van der Waals surface area (Å²) in [6, 6.07) is -1.01. The Hall–Kier alpha value is -0.380. The van der Waals surface area contributed by atoms with Gasteiger partial charge in [0, 0.05) is 0 Å². The molecule has 0 aromatic rings. The first kappa shape index (κ1) is 18.6. The molecular weight excluding hydrogens is 281 g/mol. The number of carbonyl (C=O) groups excluding carboxylic acids is 1. The topological polar surface area (TPSA) is 145 Å². The van der Waals surface area contributed by atoms with Crippen LogP contribution in [0, 0.1) is 0 Å². The van der Waals surface area contributed by atoms with E-state index in [1.807, 2.05) is 0 Å². The van der Waals surface area contributed by atoms with Crippen molar-refractivity contribution in [3.63, 3.8) is 0 Å². The van der Waals surface area contributed by atoms with Gasteiger partial charge in [0.25, 0.3) is 0 Å². The number of carbonyl (C=O) groups is 1. The summed E-state index contributed by atoms with van der Waals surface area (Å²) in [5, 5.41) is 28.9. The van der Waals surface area contributed by atoms with Crippen molar-refractivity contribution in [3.8, 4) is 0 Å². The van der Waals surface area contributed by atoms with E-state index in [0.717, 1.165) is 0 Å². The van der Waals surface area contributed by atoms with E-state index in [2.05, 4.69) is 4.52 Å². The van der Waals surface area contributed by atoms with Crippen LogP contribution >= 0.6 is 7.82 Å². The van der Waals surface area contributed by atoms with E-state index in [1.165, 1.54) is 0 Å². The van der Waals surface area contributed by atoms with Gasteiger partial charge in [-0.1, -0.05) is 0 Å². The summed E-state index contributed by atoms with van der Waals surface area (Å²) in [5.41, 5.74) is 0. The molecule has 0 aromatic heterocycles. The number of hydrogen-bond acceptors (Lipinski definition) is 6. The first-order valence-electron chi connectivity index (χ1n) is 5.41. The van der Waals surface area contributed by atoms with Crippen molar-refractivity contribution in [1.82, 2.24) is 0 Å². The number of aliphatic hydroxyl groups is 3. The lowest BCUT2D eigenvalue weighted by molar-refractivity contribution is -0.889. The number of aliphatic hydroxyl groups excluding tert-OH is 3. The summed E-state index contributed by atoms with van der Waals surface area (Å²) in [7, 11) is 0.0352. The Balaban J connectivity index is 4.66. The van der Waals surface area contributed by atoms with Crippen LogP contribution < -0.4 is 0 Å². The fourth-order valence-electron chi connectivity index (χ4n) is 1.42. The van der Waals surface area contributed by atoms with E-state index < -0.39 is 38.8 Å². The molecule has 0 fully saturated rings. The highest BCUT2D eigenvalue weighted by atomic mass is 31.2. The molecule has 0 unspecified atom stereocenters. The Morgan fingerprint density at radius 2 is 1.63 bits per heavy atom. The molecule has 0 amide bonds. The summed E-state index contributed by atoms with van der Waals surface area (Å²) in [4.78, 5) is 27.8. The molecule has 0 radical (unpaired) electrons. The Morgan fingerprint density at radius 1 is 1.16 bits per heavy atom. The number of phosphoric acid groups is 1. The van der Waals surface area contributed by atoms with E-state index in [-0.39, 0.29) is 4.48 Å². The van der Waals surface area contributed by atoms with Crippen molar-refractivity contribution < 1.29 is 43.5 Å². The van der Waals surface area contributed by atoms with Crippen LogP contribution in [-0.4, -0.2) is 88.0 Å². The number of rotatable bonds is 8. The molecule has 0 bridgehead atoms. The van der Waals surface area contributed by atoms with Gasteiger partial charge in [-0.05, 0) is 0 Å². The van der Waals surface area contributed by atoms with Crippen molar-refractivity contribution in [1.29, 1.82) is 0 Å². The molecule has 0 rings (SSSR count). The van der Waals surface area contributed by atoms with Crippen LogP contribution in [0.4, 0.5) is 0 Å². The number of phosphoric ester groups is 1. The summed E-state index contributed by atoms with van der Waals surface area (Å²) in [6.45, 7) is -0.870. The molecule has 0 spiro atoms. The van der Waals surface area contributed by atoms with E-state index in [1.54, 1.807) is 21.1 Å². The maximum absolute atomic E-state index is 10.9. The molecule has 0 saturated heterocycles. The molecule has 5 N–H and O–H groups in total. The van der Waals surface area contributed by atoms with E-state index in [4.69, 9.17) is 9.79 Å². The highest BCUT2D eigenvalue weighted by Gasteiger charge is 2.39. The lowest BCUT2D eigenvalue weighted by Gasteiger charge is -2.36. The fraction of sp³-hybridized carbons (Fsp3) is 0.889. The monoisotopic (exact) mass is 302 g/mol. The zero-order chi connectivity index (χ0) is 15.4. The number of aldehydes is 1. The molecule has 9 nitrogen and oxygen atoms in total. The molecule has 0 aliphatic heterocycles. The smallest absolute Gasteiger partial charge is 0.388 e. The van der Waals surface area contributed by atoms with Gasteiger partial charge in [0.15, 0.2) is 12.3 Å². The number of hydrogen-bond donors (Lipinski definition) is 5. The minimum absolute atomic E-state index is 0.00773. The quantitative estimate of drug-likeness (QED) is 0.187. The Bertz CT molecular complexity index is 338. The Morgan fingerprint density at radius 3 is 1.95 bits per heavy atom. The van der Waals surface area contributed by atoms with Crippen LogP contribution in [0.5, 0.6) is 0 Å². The van der Waals surface area contributed by atoms with Crippen LogP contribution in [0.15, 0.2) is 0 Å². The zero-order valence-corrected chi connectivity index (χ0v) is 11.8. The van der Waals surface area contributed by atoms with Crippen LogP contribution in [0.2, 0.25) is 0 Å². The molecule has 0 saturated carbocycles. The van der Waals surface area contributed by atoms with Crippen LogP contribution in [0.1, 0.15) is 0 Å². The summed E-state index contributed by atoms with van der Waals surface area (Å²) in [5.74, 6) is 0. The minimum Gasteiger partial charge on any atom is -0.388 e. The lowest BCUT2D eigenvalue weighted by atomic mass is 10.0. The van der Waals surface area contributed by atoms with Gasteiger partial charge in [0.2, 0.25) is 0 Å². The summed E-state index contributed by atoms with van der Waals surface area (Å²) < 4.78 is 14.5. The van der Waals surface area contributed by atoms with Crippen molar-refractivity contribution in [2.45, 2.75) is 24.4 Å². The second-order valence-corrected chi connectivity index (χ2v) is 6.32. The van der Waals surface area contributed by atoms with Crippen molar-refractivity contribution in [3.05, 3.63) is 0 Å². The normalized spacial score (nSPS) is 19.6. The average molecular weight is 302 g/mol. The van der Waals surface area contributed by atoms with Gasteiger partial charge in [0.1, 0.15) is 18.3 Å². The van der Waals surface area contributed by atoms with E-state index in [0.29, 0.717) is 6.29 Å². The van der Waals surface area contributed by atoms with Crippen molar-refractivity contribution in [2.75, 3.05) is 27.7 Å². The zero-order valence-electron chi connectivity index (χ0n) is 10.9. The maximum atomic E-state index is 10.9. The van der Waals surface area contributed by atoms with E-state index in [9.17, 15) is 24.7 Å². The number of likely N-dealkylation sites (N-methyl/N-ethyl adjacent to an activating group) is 1. The molecule has 0 aromatic carbocycles. The number of quaternary nitrogens is 1. The third kappa shape index (κ3) is 6.55. The van der Waals surface area contributed by atoms with Crippen LogP contribution in [0.25, 0.3) is 0 Å². The highest BCUT2D eigenvalue weighted by Crippen LogP contribution is 2.35. The molecule has 0 heterocycles. The van der Waals surface area contributed by atoms with Crippen molar-refractivity contribution >= 4 is 14.1 Å². The highest BCUT2D eigenvalue weighted by molar-refractivity contribution is 7.46. The largest absolute Gasteiger partial charge is 0.469 e. The SMILES string of the molecule is C[N+](C)(C)[C@@H](C=O)[C@@H](O)[C@H](O)[C@H](O)COP(=O)(O)O. The second kappa shape index (κ2) is 6.87. The summed E-state index contributed by atoms with van der Waals surface area (Å²) >= 11 is 0. The molecule has 4 atom stereocenters. The second-order valence-electron chi connectivity index (χ2n) is 5.08.